The van der Waals surface area contributed by atoms with Crippen LogP contribution in [0.1, 0.15) is 50.8 Å². The van der Waals surface area contributed by atoms with Gasteiger partial charge in [-0.3, -0.25) is 4.79 Å². The van der Waals surface area contributed by atoms with Gasteiger partial charge < -0.3 is 14.5 Å². The summed E-state index contributed by atoms with van der Waals surface area (Å²) in [6.07, 6.45) is 0. The number of likely N-dealkylation sites (N-methyl/N-ethyl adjacent to an activating group) is 1. The predicted octanol–water partition coefficient (Wildman–Crippen LogP) is 2.88. The van der Waals surface area contributed by atoms with Crippen LogP contribution < -0.4 is 0 Å². The fourth-order valence-corrected chi connectivity index (χ4v) is 2.35. The summed E-state index contributed by atoms with van der Waals surface area (Å²) < 4.78 is 5.37. The zero-order valence-electron chi connectivity index (χ0n) is 15.1. The first kappa shape index (κ1) is 18.1. The maximum Gasteiger partial charge on any atom is 0.258 e. The van der Waals surface area contributed by atoms with E-state index in [0.717, 1.165) is 0 Å². The molecule has 1 N–H and O–H groups in total. The van der Waals surface area contributed by atoms with Crippen LogP contribution in [0, 0.1) is 0 Å². The van der Waals surface area contributed by atoms with Gasteiger partial charge in [-0.15, -0.1) is 0 Å². The van der Waals surface area contributed by atoms with E-state index in [9.17, 15) is 9.90 Å². The molecule has 6 nitrogen and oxygen atoms in total. The number of hydrogen-bond donors (Lipinski definition) is 1. The van der Waals surface area contributed by atoms with Gasteiger partial charge in [0.15, 0.2) is 5.82 Å². The Kier molecular flexibility index (Phi) is 4.80. The molecule has 2 rings (SSSR count). The highest BCUT2D eigenvalue weighted by Crippen LogP contribution is 2.26. The van der Waals surface area contributed by atoms with Crippen molar-refractivity contribution in [3.63, 3.8) is 0 Å². The number of amides is 1. The Morgan fingerprint density at radius 3 is 2.38 bits per heavy atom. The topological polar surface area (TPSA) is 79.5 Å². The first-order chi connectivity index (χ1) is 11.0. The Morgan fingerprint density at radius 2 is 1.83 bits per heavy atom. The molecular weight excluding hydrogens is 306 g/mol. The molecule has 0 atom stereocenters. The minimum Gasteiger partial charge on any atom is -0.389 e. The van der Waals surface area contributed by atoms with Crippen LogP contribution in [-0.4, -0.2) is 45.2 Å². The largest absolute Gasteiger partial charge is 0.389 e. The van der Waals surface area contributed by atoms with Crippen molar-refractivity contribution in [3.8, 4) is 11.5 Å². The molecule has 0 radical (unpaired) electrons. The molecule has 0 spiro atoms. The first-order valence-corrected chi connectivity index (χ1v) is 7.90. The van der Waals surface area contributed by atoms with Gasteiger partial charge in [-0.1, -0.05) is 38.1 Å². The second-order valence-electron chi connectivity index (χ2n) is 7.69. The third kappa shape index (κ3) is 4.20. The Balaban J connectivity index is 2.37. The van der Waals surface area contributed by atoms with E-state index >= 15 is 0 Å². The number of hydrogen-bond acceptors (Lipinski definition) is 5. The summed E-state index contributed by atoms with van der Waals surface area (Å²) in [5, 5.41) is 13.9. The van der Waals surface area contributed by atoms with E-state index in [4.69, 9.17) is 4.52 Å². The van der Waals surface area contributed by atoms with Crippen LogP contribution in [0.4, 0.5) is 0 Å². The number of rotatable bonds is 4. The Morgan fingerprint density at radius 1 is 1.21 bits per heavy atom. The van der Waals surface area contributed by atoms with Gasteiger partial charge in [0, 0.05) is 19.0 Å². The smallest absolute Gasteiger partial charge is 0.258 e. The highest BCUT2D eigenvalue weighted by atomic mass is 16.5. The van der Waals surface area contributed by atoms with Gasteiger partial charge in [0.05, 0.1) is 16.7 Å². The van der Waals surface area contributed by atoms with Crippen molar-refractivity contribution in [3.05, 3.63) is 35.7 Å². The summed E-state index contributed by atoms with van der Waals surface area (Å²) >= 11 is 0. The van der Waals surface area contributed by atoms with Gasteiger partial charge >= 0.3 is 0 Å². The minimum atomic E-state index is -0.969. The average Bonchev–Trinajstić information content (AvgIpc) is 2.94. The SMILES string of the molecule is CN(CC(C)(C)O)C(=O)c1ccccc1-c1nc(C(C)(C)C)no1. The van der Waals surface area contributed by atoms with E-state index in [1.807, 2.05) is 26.8 Å². The minimum absolute atomic E-state index is 0.205. The summed E-state index contributed by atoms with van der Waals surface area (Å²) in [7, 11) is 1.66. The van der Waals surface area contributed by atoms with Crippen molar-refractivity contribution >= 4 is 5.91 Å². The van der Waals surface area contributed by atoms with Gasteiger partial charge in [-0.2, -0.15) is 4.98 Å². The predicted molar refractivity (Wildman–Crippen MR) is 91.7 cm³/mol. The zero-order valence-corrected chi connectivity index (χ0v) is 15.1. The van der Waals surface area contributed by atoms with Crippen molar-refractivity contribution < 1.29 is 14.4 Å². The summed E-state index contributed by atoms with van der Waals surface area (Å²) in [6.45, 7) is 9.53. The van der Waals surface area contributed by atoms with Gasteiger partial charge in [0.1, 0.15) is 0 Å². The summed E-state index contributed by atoms with van der Waals surface area (Å²) in [6, 6.07) is 7.11. The van der Waals surface area contributed by atoms with Crippen molar-refractivity contribution in [2.24, 2.45) is 0 Å². The molecule has 6 heteroatoms. The number of carbonyl (C=O) groups excluding carboxylic acids is 1. The zero-order chi connectivity index (χ0) is 18.1. The number of benzene rings is 1. The lowest BCUT2D eigenvalue weighted by atomic mass is 9.96. The van der Waals surface area contributed by atoms with Crippen LogP contribution in [0.15, 0.2) is 28.8 Å². The van der Waals surface area contributed by atoms with E-state index in [0.29, 0.717) is 22.8 Å². The van der Waals surface area contributed by atoms with Crippen molar-refractivity contribution in [1.82, 2.24) is 15.0 Å². The molecule has 24 heavy (non-hydrogen) atoms. The lowest BCUT2D eigenvalue weighted by Crippen LogP contribution is -2.39. The molecule has 0 saturated carbocycles. The average molecular weight is 331 g/mol. The highest BCUT2D eigenvalue weighted by Gasteiger charge is 2.26. The van der Waals surface area contributed by atoms with Crippen molar-refractivity contribution in [2.75, 3.05) is 13.6 Å². The quantitative estimate of drug-likeness (QED) is 0.932. The van der Waals surface area contributed by atoms with Gasteiger partial charge in [-0.25, -0.2) is 0 Å². The molecule has 0 aliphatic heterocycles. The number of nitrogens with zero attached hydrogens (tertiary/aromatic N) is 3. The summed E-state index contributed by atoms with van der Waals surface area (Å²) in [5.41, 5.74) is -0.150. The van der Waals surface area contributed by atoms with Gasteiger partial charge in [0.2, 0.25) is 0 Å². The lowest BCUT2D eigenvalue weighted by Gasteiger charge is -2.26. The molecule has 130 valence electrons. The fraction of sp³-hybridized carbons (Fsp3) is 0.500. The standard InChI is InChI=1S/C18H25N3O3/c1-17(2,3)16-19-14(24-20-16)12-9-7-8-10-13(12)15(22)21(6)11-18(4,5)23/h7-10,23H,11H2,1-6H3. The van der Waals surface area contributed by atoms with E-state index in [1.165, 1.54) is 4.90 Å². The molecule has 1 heterocycles. The van der Waals surface area contributed by atoms with Crippen molar-refractivity contribution in [1.29, 1.82) is 0 Å². The first-order valence-electron chi connectivity index (χ1n) is 7.90. The second kappa shape index (κ2) is 6.36. The third-order valence-electron chi connectivity index (χ3n) is 3.46. The van der Waals surface area contributed by atoms with Gasteiger partial charge in [-0.05, 0) is 26.0 Å². The Bertz CT molecular complexity index is 724. The lowest BCUT2D eigenvalue weighted by molar-refractivity contribution is 0.0368. The van der Waals surface area contributed by atoms with Crippen LogP contribution in [-0.2, 0) is 5.41 Å². The monoisotopic (exact) mass is 331 g/mol. The molecule has 0 bridgehead atoms. The second-order valence-corrected chi connectivity index (χ2v) is 7.69. The summed E-state index contributed by atoms with van der Waals surface area (Å²) in [5.74, 6) is 0.702. The highest BCUT2D eigenvalue weighted by molar-refractivity contribution is 5.99. The Labute approximate surface area is 142 Å². The molecular formula is C18H25N3O3. The molecule has 0 aliphatic carbocycles. The van der Waals surface area contributed by atoms with E-state index in [2.05, 4.69) is 10.1 Å². The number of aliphatic hydroxyl groups is 1. The third-order valence-corrected chi connectivity index (χ3v) is 3.46. The van der Waals surface area contributed by atoms with Crippen molar-refractivity contribution in [2.45, 2.75) is 45.6 Å². The molecule has 0 unspecified atom stereocenters. The molecule has 1 amide bonds. The van der Waals surface area contributed by atoms with Crippen LogP contribution in [0.3, 0.4) is 0 Å². The van der Waals surface area contributed by atoms with E-state index < -0.39 is 5.60 Å². The van der Waals surface area contributed by atoms with Crippen LogP contribution in [0.25, 0.3) is 11.5 Å². The van der Waals surface area contributed by atoms with Crippen LogP contribution in [0.5, 0.6) is 0 Å². The molecule has 1 aromatic carbocycles. The normalized spacial score (nSPS) is 12.3. The maximum absolute atomic E-state index is 12.7. The van der Waals surface area contributed by atoms with E-state index in [-0.39, 0.29) is 17.9 Å². The maximum atomic E-state index is 12.7. The summed E-state index contributed by atoms with van der Waals surface area (Å²) in [4.78, 5) is 18.7. The molecule has 2 aromatic rings. The molecule has 1 aromatic heterocycles. The number of aromatic nitrogens is 2. The van der Waals surface area contributed by atoms with Crippen LogP contribution in [0.2, 0.25) is 0 Å². The molecule has 0 aliphatic rings. The van der Waals surface area contributed by atoms with Crippen LogP contribution >= 0.6 is 0 Å². The van der Waals surface area contributed by atoms with Gasteiger partial charge in [0.25, 0.3) is 11.8 Å². The fourth-order valence-electron chi connectivity index (χ4n) is 2.35. The Hall–Kier alpha value is -2.21. The molecule has 0 fully saturated rings. The number of carbonyl (C=O) groups is 1. The molecule has 0 saturated heterocycles. The van der Waals surface area contributed by atoms with E-state index in [1.54, 1.807) is 39.1 Å².